The van der Waals surface area contributed by atoms with Crippen molar-refractivity contribution in [2.24, 2.45) is 0 Å². The third kappa shape index (κ3) is 4.06. The van der Waals surface area contributed by atoms with Crippen LogP contribution in [0, 0.1) is 0 Å². The van der Waals surface area contributed by atoms with Crippen molar-refractivity contribution in [3.05, 3.63) is 54.3 Å². The number of nitrogens with one attached hydrogen (secondary N) is 1. The summed E-state index contributed by atoms with van der Waals surface area (Å²) < 4.78 is 28.4. The van der Waals surface area contributed by atoms with E-state index in [1.165, 1.54) is 18.2 Å². The Morgan fingerprint density at radius 1 is 0.952 bits per heavy atom. The molecular formula is C12H6Br2Cl3NO2S. The van der Waals surface area contributed by atoms with E-state index < -0.39 is 10.0 Å². The summed E-state index contributed by atoms with van der Waals surface area (Å²) >= 11 is 24.3. The molecule has 9 heteroatoms. The minimum Gasteiger partial charge on any atom is -0.278 e. The molecule has 3 nitrogen and oxygen atoms in total. The molecule has 0 heterocycles. The third-order valence-electron chi connectivity index (χ3n) is 2.40. The molecule has 0 aliphatic carbocycles. The lowest BCUT2D eigenvalue weighted by atomic mass is 10.3. The van der Waals surface area contributed by atoms with Crippen LogP contribution < -0.4 is 4.72 Å². The number of halogens is 5. The highest BCUT2D eigenvalue weighted by molar-refractivity contribution is 9.10. The first-order chi connectivity index (χ1) is 9.70. The highest BCUT2D eigenvalue weighted by Gasteiger charge is 2.23. The maximum atomic E-state index is 12.5. The van der Waals surface area contributed by atoms with Crippen LogP contribution in [0.15, 0.2) is 44.2 Å². The lowest BCUT2D eigenvalue weighted by Gasteiger charge is -2.13. The fourth-order valence-corrected chi connectivity index (χ4v) is 5.22. The summed E-state index contributed by atoms with van der Waals surface area (Å²) in [6.45, 7) is 0. The molecule has 0 aliphatic rings. The molecule has 0 atom stereocenters. The van der Waals surface area contributed by atoms with Gasteiger partial charge in [-0.2, -0.15) is 0 Å². The zero-order valence-electron chi connectivity index (χ0n) is 10.0. The van der Waals surface area contributed by atoms with E-state index in [0.29, 0.717) is 14.0 Å². The molecule has 0 radical (unpaired) electrons. The summed E-state index contributed by atoms with van der Waals surface area (Å²) in [7, 11) is -3.95. The lowest BCUT2D eigenvalue weighted by molar-refractivity contribution is 0.601. The van der Waals surface area contributed by atoms with E-state index in [1.54, 1.807) is 12.1 Å². The average molecular weight is 494 g/mol. The van der Waals surface area contributed by atoms with Gasteiger partial charge in [-0.25, -0.2) is 8.42 Å². The van der Waals surface area contributed by atoms with Gasteiger partial charge in [0.2, 0.25) is 0 Å². The van der Waals surface area contributed by atoms with Gasteiger partial charge in [-0.3, -0.25) is 4.72 Å². The Labute approximate surface area is 153 Å². The van der Waals surface area contributed by atoms with Crippen molar-refractivity contribution in [1.29, 1.82) is 0 Å². The van der Waals surface area contributed by atoms with Crippen LogP contribution in [0.25, 0.3) is 0 Å². The highest BCUT2D eigenvalue weighted by Crippen LogP contribution is 2.35. The van der Waals surface area contributed by atoms with Crippen LogP contribution in [-0.4, -0.2) is 8.42 Å². The van der Waals surface area contributed by atoms with Gasteiger partial charge in [0.25, 0.3) is 10.0 Å². The summed E-state index contributed by atoms with van der Waals surface area (Å²) in [5.41, 5.74) is 0.289. The summed E-state index contributed by atoms with van der Waals surface area (Å²) in [5, 5.41) is 0.420. The normalized spacial score (nSPS) is 11.5. The van der Waals surface area contributed by atoms with E-state index >= 15 is 0 Å². The van der Waals surface area contributed by atoms with Crippen LogP contribution in [0.4, 0.5) is 5.69 Å². The molecule has 2 aromatic rings. The van der Waals surface area contributed by atoms with Gasteiger partial charge < -0.3 is 0 Å². The van der Waals surface area contributed by atoms with Crippen molar-refractivity contribution < 1.29 is 8.42 Å². The van der Waals surface area contributed by atoms with Crippen LogP contribution in [-0.2, 0) is 10.0 Å². The fourth-order valence-electron chi connectivity index (χ4n) is 1.56. The van der Waals surface area contributed by atoms with E-state index in [0.717, 1.165) is 0 Å². The number of rotatable bonds is 3. The van der Waals surface area contributed by atoms with Gasteiger partial charge in [-0.1, -0.05) is 50.7 Å². The van der Waals surface area contributed by atoms with Gasteiger partial charge in [-0.05, 0) is 46.3 Å². The second kappa shape index (κ2) is 6.64. The predicted molar refractivity (Wildman–Crippen MR) is 94.1 cm³/mol. The summed E-state index contributed by atoms with van der Waals surface area (Å²) in [6.07, 6.45) is 0. The molecule has 0 saturated heterocycles. The number of hydrogen-bond acceptors (Lipinski definition) is 2. The maximum Gasteiger partial charge on any atom is 0.264 e. The van der Waals surface area contributed by atoms with Gasteiger partial charge in [0.1, 0.15) is 4.90 Å². The Morgan fingerprint density at radius 2 is 1.52 bits per heavy atom. The Hall–Kier alpha value is 0.0200. The Kier molecular flexibility index (Phi) is 5.50. The van der Waals surface area contributed by atoms with Crippen molar-refractivity contribution in [3.8, 4) is 0 Å². The molecule has 0 bridgehead atoms. The smallest absolute Gasteiger partial charge is 0.264 e. The van der Waals surface area contributed by atoms with Crippen molar-refractivity contribution >= 4 is 82.4 Å². The molecule has 112 valence electrons. The van der Waals surface area contributed by atoms with Crippen LogP contribution >= 0.6 is 66.7 Å². The molecule has 0 spiro atoms. The van der Waals surface area contributed by atoms with Gasteiger partial charge >= 0.3 is 0 Å². The first-order valence-corrected chi connectivity index (χ1v) is 9.53. The van der Waals surface area contributed by atoms with E-state index in [9.17, 15) is 8.42 Å². The fraction of sp³-hybridized carbons (Fsp3) is 0. The van der Waals surface area contributed by atoms with Crippen LogP contribution in [0.3, 0.4) is 0 Å². The molecule has 0 unspecified atom stereocenters. The molecule has 0 aliphatic heterocycles. The monoisotopic (exact) mass is 491 g/mol. The second-order valence-corrected chi connectivity index (χ2v) is 8.57. The molecule has 2 aromatic carbocycles. The zero-order valence-corrected chi connectivity index (χ0v) is 16.3. The van der Waals surface area contributed by atoms with E-state index in [1.807, 2.05) is 0 Å². The van der Waals surface area contributed by atoms with Crippen LogP contribution in [0.2, 0.25) is 15.1 Å². The molecule has 2 rings (SSSR count). The Bertz CT molecular complexity index is 789. The second-order valence-electron chi connectivity index (χ2n) is 3.93. The van der Waals surface area contributed by atoms with Gasteiger partial charge in [0, 0.05) is 14.0 Å². The maximum absolute atomic E-state index is 12.5. The van der Waals surface area contributed by atoms with Crippen molar-refractivity contribution in [3.63, 3.8) is 0 Å². The zero-order chi connectivity index (χ0) is 15.8. The standard InChI is InChI=1S/C12H6Br2Cl3NO2S/c13-6-3-9(16)12(10(17)4-6)21(19,20)18-11-5-7(15)1-2-8(11)14/h1-5,18H. The third-order valence-corrected chi connectivity index (χ3v) is 6.08. The van der Waals surface area contributed by atoms with Gasteiger partial charge in [-0.15, -0.1) is 0 Å². The predicted octanol–water partition coefficient (Wildman–Crippen LogP) is 5.97. The summed E-state index contributed by atoms with van der Waals surface area (Å²) in [6, 6.07) is 7.64. The quantitative estimate of drug-likeness (QED) is 0.572. The molecule has 0 aromatic heterocycles. The lowest BCUT2D eigenvalue weighted by Crippen LogP contribution is -2.14. The SMILES string of the molecule is O=S(=O)(Nc1cc(Cl)ccc1Br)c1c(Cl)cc(Br)cc1Cl. The number of benzene rings is 2. The Morgan fingerprint density at radius 3 is 2.10 bits per heavy atom. The molecular weight excluding hydrogens is 488 g/mol. The van der Waals surface area contributed by atoms with E-state index in [-0.39, 0.29) is 20.6 Å². The first-order valence-electron chi connectivity index (χ1n) is 5.33. The van der Waals surface area contributed by atoms with Crippen LogP contribution in [0.5, 0.6) is 0 Å². The van der Waals surface area contributed by atoms with E-state index in [4.69, 9.17) is 34.8 Å². The highest BCUT2D eigenvalue weighted by atomic mass is 79.9. The van der Waals surface area contributed by atoms with Gasteiger partial charge in [0.15, 0.2) is 0 Å². The topological polar surface area (TPSA) is 46.2 Å². The molecule has 0 saturated carbocycles. The Balaban J connectivity index is 2.51. The minimum absolute atomic E-state index is 0.0139. The van der Waals surface area contributed by atoms with Crippen molar-refractivity contribution in [2.45, 2.75) is 4.90 Å². The number of hydrogen-bond donors (Lipinski definition) is 1. The molecule has 1 N–H and O–H groups in total. The molecule has 21 heavy (non-hydrogen) atoms. The van der Waals surface area contributed by atoms with Crippen molar-refractivity contribution in [2.75, 3.05) is 4.72 Å². The van der Waals surface area contributed by atoms with Crippen molar-refractivity contribution in [1.82, 2.24) is 0 Å². The first kappa shape index (κ1) is 17.4. The molecule has 0 fully saturated rings. The average Bonchev–Trinajstić information content (AvgIpc) is 2.31. The minimum atomic E-state index is -3.95. The van der Waals surface area contributed by atoms with Gasteiger partial charge in [0.05, 0.1) is 15.7 Å². The number of sulfonamides is 1. The van der Waals surface area contributed by atoms with Crippen LogP contribution in [0.1, 0.15) is 0 Å². The summed E-state index contributed by atoms with van der Waals surface area (Å²) in [5.74, 6) is 0. The molecule has 0 amide bonds. The van der Waals surface area contributed by atoms with E-state index in [2.05, 4.69) is 36.6 Å². The summed E-state index contributed by atoms with van der Waals surface area (Å²) in [4.78, 5) is -0.194. The number of anilines is 1. The largest absolute Gasteiger partial charge is 0.278 e.